The van der Waals surface area contributed by atoms with Gasteiger partial charge in [-0.05, 0) is 61.4 Å². The topological polar surface area (TPSA) is 68.1 Å². The quantitative estimate of drug-likeness (QED) is 0.819. The molecule has 0 bridgehead atoms. The maximum atomic E-state index is 13.2. The number of carbonyl (C=O) groups is 1. The first-order valence-corrected chi connectivity index (χ1v) is 7.28. The van der Waals surface area contributed by atoms with Crippen molar-refractivity contribution in [3.63, 3.8) is 0 Å². The van der Waals surface area contributed by atoms with E-state index in [0.29, 0.717) is 22.7 Å². The molecule has 0 spiro atoms. The number of carboxylic acids is 1. The van der Waals surface area contributed by atoms with Crippen LogP contribution in [0.5, 0.6) is 11.5 Å². The molecule has 1 N–H and O–H groups in total. The molecule has 126 valence electrons. The highest BCUT2D eigenvalue weighted by atomic mass is 19.1. The first-order chi connectivity index (χ1) is 11.4. The van der Waals surface area contributed by atoms with Gasteiger partial charge < -0.3 is 14.6 Å². The highest BCUT2D eigenvalue weighted by Gasteiger charge is 2.15. The average molecular weight is 331 g/mol. The van der Waals surface area contributed by atoms with Crippen LogP contribution in [0.2, 0.25) is 0 Å². The molecule has 2 rings (SSSR count). The van der Waals surface area contributed by atoms with Crippen LogP contribution in [0.25, 0.3) is 0 Å². The Morgan fingerprint density at radius 3 is 2.62 bits per heavy atom. The summed E-state index contributed by atoms with van der Waals surface area (Å²) in [6.45, 7) is 3.11. The number of halogens is 1. The average Bonchev–Trinajstić information content (AvgIpc) is 2.56. The van der Waals surface area contributed by atoms with Gasteiger partial charge in [0.1, 0.15) is 5.82 Å². The van der Waals surface area contributed by atoms with Crippen LogP contribution in [-0.4, -0.2) is 30.5 Å². The molecular formula is C18H18FNO4. The van der Waals surface area contributed by atoms with Gasteiger partial charge in [0.05, 0.1) is 12.8 Å². The highest BCUT2D eigenvalue weighted by Crippen LogP contribution is 2.29. The van der Waals surface area contributed by atoms with Gasteiger partial charge in [0.2, 0.25) is 0 Å². The van der Waals surface area contributed by atoms with Gasteiger partial charge in [0.25, 0.3) is 0 Å². The molecule has 0 fully saturated rings. The van der Waals surface area contributed by atoms with E-state index >= 15 is 0 Å². The number of aryl methyl sites for hydroxylation is 1. The molecule has 0 saturated heterocycles. The van der Waals surface area contributed by atoms with Crippen molar-refractivity contribution < 1.29 is 23.8 Å². The maximum Gasteiger partial charge on any atom is 0.344 e. The zero-order valence-electron chi connectivity index (χ0n) is 13.6. The SMILES string of the molecule is COc1cc(C=Nc2ccc(F)c(C)c2)ccc1O[C@H](C)C(=O)O. The second kappa shape index (κ2) is 7.59. The van der Waals surface area contributed by atoms with Crippen LogP contribution in [0.1, 0.15) is 18.1 Å². The second-order valence-corrected chi connectivity index (χ2v) is 5.20. The molecular weight excluding hydrogens is 313 g/mol. The number of hydrogen-bond donors (Lipinski definition) is 1. The highest BCUT2D eigenvalue weighted by molar-refractivity contribution is 5.83. The van der Waals surface area contributed by atoms with Crippen molar-refractivity contribution in [2.75, 3.05) is 7.11 Å². The first-order valence-electron chi connectivity index (χ1n) is 7.28. The molecule has 0 aliphatic heterocycles. The summed E-state index contributed by atoms with van der Waals surface area (Å²) in [6, 6.07) is 9.63. The normalized spacial score (nSPS) is 12.2. The van der Waals surface area contributed by atoms with Crippen LogP contribution < -0.4 is 9.47 Å². The lowest BCUT2D eigenvalue weighted by atomic mass is 10.2. The Balaban J connectivity index is 2.20. The summed E-state index contributed by atoms with van der Waals surface area (Å²) < 4.78 is 23.8. The van der Waals surface area contributed by atoms with Gasteiger partial charge in [-0.25, -0.2) is 9.18 Å². The van der Waals surface area contributed by atoms with E-state index in [2.05, 4.69) is 4.99 Å². The van der Waals surface area contributed by atoms with E-state index in [1.807, 2.05) is 0 Å². The third-order valence-electron chi connectivity index (χ3n) is 3.34. The number of nitrogens with zero attached hydrogens (tertiary/aromatic N) is 1. The number of aliphatic carboxylic acids is 1. The lowest BCUT2D eigenvalue weighted by Crippen LogP contribution is -2.23. The van der Waals surface area contributed by atoms with E-state index < -0.39 is 12.1 Å². The predicted molar refractivity (Wildman–Crippen MR) is 89.1 cm³/mol. The van der Waals surface area contributed by atoms with Crippen molar-refractivity contribution in [1.29, 1.82) is 0 Å². The maximum absolute atomic E-state index is 13.2. The van der Waals surface area contributed by atoms with Gasteiger partial charge in [-0.3, -0.25) is 4.99 Å². The monoisotopic (exact) mass is 331 g/mol. The Morgan fingerprint density at radius 1 is 1.25 bits per heavy atom. The minimum Gasteiger partial charge on any atom is -0.493 e. The molecule has 0 amide bonds. The van der Waals surface area contributed by atoms with Gasteiger partial charge in [-0.1, -0.05) is 0 Å². The fraction of sp³-hybridized carbons (Fsp3) is 0.222. The number of aliphatic imine (C=N–C) groups is 1. The number of rotatable bonds is 6. The van der Waals surface area contributed by atoms with E-state index in [9.17, 15) is 9.18 Å². The molecule has 2 aromatic carbocycles. The van der Waals surface area contributed by atoms with E-state index in [4.69, 9.17) is 14.6 Å². The van der Waals surface area contributed by atoms with Crippen LogP contribution >= 0.6 is 0 Å². The lowest BCUT2D eigenvalue weighted by molar-refractivity contribution is -0.144. The van der Waals surface area contributed by atoms with Gasteiger partial charge in [0.15, 0.2) is 17.6 Å². The van der Waals surface area contributed by atoms with Crippen molar-refractivity contribution >= 4 is 17.9 Å². The summed E-state index contributed by atoms with van der Waals surface area (Å²) in [4.78, 5) is 15.2. The Kier molecular flexibility index (Phi) is 5.52. The summed E-state index contributed by atoms with van der Waals surface area (Å²) in [6.07, 6.45) is 0.625. The minimum atomic E-state index is -1.06. The van der Waals surface area contributed by atoms with Crippen molar-refractivity contribution in [1.82, 2.24) is 0 Å². The largest absolute Gasteiger partial charge is 0.493 e. The summed E-state index contributed by atoms with van der Waals surface area (Å²) in [5.41, 5.74) is 1.89. The zero-order valence-corrected chi connectivity index (χ0v) is 13.6. The molecule has 0 aliphatic carbocycles. The summed E-state index contributed by atoms with van der Waals surface area (Å²) in [5.74, 6) is -0.594. The molecule has 0 unspecified atom stereocenters. The van der Waals surface area contributed by atoms with Gasteiger partial charge in [-0.15, -0.1) is 0 Å². The molecule has 1 atom stereocenters. The Hall–Kier alpha value is -2.89. The third kappa shape index (κ3) is 4.32. The number of hydrogen-bond acceptors (Lipinski definition) is 4. The standard InChI is InChI=1S/C18H18FNO4/c1-11-8-14(5-6-15(11)19)20-10-13-4-7-16(17(9-13)23-3)24-12(2)18(21)22/h4-10,12H,1-3H3,(H,21,22)/t12-/m1/s1. The van der Waals surface area contributed by atoms with Gasteiger partial charge in [-0.2, -0.15) is 0 Å². The van der Waals surface area contributed by atoms with E-state index in [1.165, 1.54) is 20.1 Å². The summed E-state index contributed by atoms with van der Waals surface area (Å²) in [7, 11) is 1.47. The van der Waals surface area contributed by atoms with Crippen LogP contribution in [-0.2, 0) is 4.79 Å². The number of ether oxygens (including phenoxy) is 2. The first kappa shape index (κ1) is 17.5. The molecule has 6 heteroatoms. The molecule has 0 radical (unpaired) electrons. The van der Waals surface area contributed by atoms with E-state index in [1.54, 1.807) is 43.5 Å². The van der Waals surface area contributed by atoms with Gasteiger partial charge >= 0.3 is 5.97 Å². The number of methoxy groups -OCH3 is 1. The Bertz CT molecular complexity index is 774. The van der Waals surface area contributed by atoms with Crippen LogP contribution in [0, 0.1) is 12.7 Å². The van der Waals surface area contributed by atoms with E-state index in [-0.39, 0.29) is 5.82 Å². The molecule has 5 nitrogen and oxygen atoms in total. The second-order valence-electron chi connectivity index (χ2n) is 5.20. The molecule has 0 aliphatic rings. The summed E-state index contributed by atoms with van der Waals surface area (Å²) >= 11 is 0. The smallest absolute Gasteiger partial charge is 0.344 e. The minimum absolute atomic E-state index is 0.273. The molecule has 0 saturated carbocycles. The third-order valence-corrected chi connectivity index (χ3v) is 3.34. The fourth-order valence-electron chi connectivity index (χ4n) is 1.96. The molecule has 0 aromatic heterocycles. The van der Waals surface area contributed by atoms with Crippen molar-refractivity contribution in [3.05, 3.63) is 53.3 Å². The number of benzene rings is 2. The molecule has 0 heterocycles. The van der Waals surface area contributed by atoms with Gasteiger partial charge in [0, 0.05) is 6.21 Å². The van der Waals surface area contributed by atoms with Crippen molar-refractivity contribution in [2.24, 2.45) is 4.99 Å². The van der Waals surface area contributed by atoms with Crippen LogP contribution in [0.4, 0.5) is 10.1 Å². The van der Waals surface area contributed by atoms with Crippen LogP contribution in [0.3, 0.4) is 0 Å². The zero-order chi connectivity index (χ0) is 17.7. The van der Waals surface area contributed by atoms with Crippen molar-refractivity contribution in [2.45, 2.75) is 20.0 Å². The van der Waals surface area contributed by atoms with E-state index in [0.717, 1.165) is 5.56 Å². The predicted octanol–water partition coefficient (Wildman–Crippen LogP) is 3.75. The lowest BCUT2D eigenvalue weighted by Gasteiger charge is -2.14. The molecule has 2 aromatic rings. The van der Waals surface area contributed by atoms with Crippen LogP contribution in [0.15, 0.2) is 41.4 Å². The number of carboxylic acid groups (broad SMARTS) is 1. The van der Waals surface area contributed by atoms with Crippen molar-refractivity contribution in [3.8, 4) is 11.5 Å². The fourth-order valence-corrected chi connectivity index (χ4v) is 1.96. The Morgan fingerprint density at radius 2 is 2.00 bits per heavy atom. The Labute approximate surface area is 139 Å². The summed E-state index contributed by atoms with van der Waals surface area (Å²) in [5, 5.41) is 8.90. The molecule has 24 heavy (non-hydrogen) atoms.